The lowest BCUT2D eigenvalue weighted by Crippen LogP contribution is -2.26. The fraction of sp³-hybridized carbons (Fsp3) is 0.208. The highest BCUT2D eigenvalue weighted by atomic mass is 19.3. The Morgan fingerprint density at radius 1 is 1.11 bits per heavy atom. The number of rotatable bonds is 5. The Balaban J connectivity index is 1.41. The van der Waals surface area contributed by atoms with Crippen molar-refractivity contribution in [1.29, 1.82) is 0 Å². The Hall–Kier alpha value is -4.28. The number of H-pyrrole nitrogens is 1. The van der Waals surface area contributed by atoms with E-state index in [0.717, 1.165) is 0 Å². The quantitative estimate of drug-likeness (QED) is 0.454. The van der Waals surface area contributed by atoms with E-state index in [1.165, 1.54) is 17.0 Å². The summed E-state index contributed by atoms with van der Waals surface area (Å²) in [5.74, 6) is -1.35. The standard InChI is InChI=1S/C24H19F3N6O2/c25-17-6-5-12(8-18-13-3-1-2-4-14(13)23(34)32-31-18)7-15(17)24(35)33-10-16-19(11-33)29-21(9-20(26)27)30-22(16)28/h1-7,20H,8-11H2,(H,32,34)(H2,28,29,30). The highest BCUT2D eigenvalue weighted by Gasteiger charge is 2.30. The number of alkyl halides is 2. The second kappa shape index (κ2) is 8.82. The van der Waals surface area contributed by atoms with Crippen LogP contribution in [0.25, 0.3) is 10.8 Å². The normalized spacial score (nSPS) is 13.0. The Morgan fingerprint density at radius 2 is 1.89 bits per heavy atom. The van der Waals surface area contributed by atoms with Gasteiger partial charge in [0.1, 0.15) is 17.5 Å². The number of nitrogens with two attached hydrogens (primary N) is 1. The minimum absolute atomic E-state index is 0.00685. The van der Waals surface area contributed by atoms with Crippen molar-refractivity contribution in [3.63, 3.8) is 0 Å². The molecular weight excluding hydrogens is 461 g/mol. The molecule has 2 aromatic heterocycles. The molecule has 0 saturated carbocycles. The molecule has 1 aliphatic heterocycles. The molecule has 0 spiro atoms. The zero-order valence-corrected chi connectivity index (χ0v) is 18.3. The van der Waals surface area contributed by atoms with Crippen molar-refractivity contribution >= 4 is 22.5 Å². The maximum Gasteiger partial charge on any atom is 0.272 e. The number of benzene rings is 2. The van der Waals surface area contributed by atoms with Crippen molar-refractivity contribution in [2.24, 2.45) is 0 Å². The lowest BCUT2D eigenvalue weighted by Gasteiger charge is -2.16. The maximum absolute atomic E-state index is 14.7. The fourth-order valence-electron chi connectivity index (χ4n) is 4.22. The van der Waals surface area contributed by atoms with Crippen LogP contribution in [0.3, 0.4) is 0 Å². The van der Waals surface area contributed by atoms with Crippen LogP contribution < -0.4 is 11.3 Å². The number of hydrogen-bond acceptors (Lipinski definition) is 6. The Labute approximate surface area is 196 Å². The van der Waals surface area contributed by atoms with Crippen molar-refractivity contribution in [2.75, 3.05) is 5.73 Å². The summed E-state index contributed by atoms with van der Waals surface area (Å²) in [6.45, 7) is 0.0532. The fourth-order valence-corrected chi connectivity index (χ4v) is 4.22. The van der Waals surface area contributed by atoms with E-state index in [1.54, 1.807) is 30.3 Å². The Morgan fingerprint density at radius 3 is 2.66 bits per heavy atom. The van der Waals surface area contributed by atoms with E-state index in [1.807, 2.05) is 0 Å². The molecule has 0 unspecified atom stereocenters. The first kappa shape index (κ1) is 22.5. The van der Waals surface area contributed by atoms with E-state index in [2.05, 4.69) is 20.2 Å². The molecule has 3 heterocycles. The van der Waals surface area contributed by atoms with Gasteiger partial charge < -0.3 is 10.6 Å². The number of nitrogen functional groups attached to an aromatic ring is 1. The zero-order valence-electron chi connectivity index (χ0n) is 18.3. The van der Waals surface area contributed by atoms with Gasteiger partial charge in [0, 0.05) is 17.4 Å². The molecule has 0 bridgehead atoms. The van der Waals surface area contributed by atoms with Crippen LogP contribution in [-0.2, 0) is 25.9 Å². The number of fused-ring (bicyclic) bond motifs is 2. The van der Waals surface area contributed by atoms with Gasteiger partial charge in [0.25, 0.3) is 11.5 Å². The first-order valence-electron chi connectivity index (χ1n) is 10.8. The number of nitrogens with one attached hydrogen (secondary N) is 1. The topological polar surface area (TPSA) is 118 Å². The monoisotopic (exact) mass is 480 g/mol. The van der Waals surface area contributed by atoms with Crippen LogP contribution in [0.4, 0.5) is 19.0 Å². The van der Waals surface area contributed by atoms with Crippen LogP contribution in [-0.4, -0.2) is 37.4 Å². The highest BCUT2D eigenvalue weighted by Crippen LogP contribution is 2.28. The molecule has 11 heteroatoms. The highest BCUT2D eigenvalue weighted by molar-refractivity contribution is 5.95. The molecule has 0 saturated heterocycles. The van der Waals surface area contributed by atoms with Gasteiger partial charge in [0.2, 0.25) is 6.43 Å². The molecule has 0 fully saturated rings. The number of aromatic nitrogens is 4. The molecule has 1 aliphatic rings. The SMILES string of the molecule is Nc1nc(CC(F)F)nc2c1CN(C(=O)c1cc(Cc3n[nH]c(=O)c4ccccc34)ccc1F)C2. The number of hydrogen-bond donors (Lipinski definition) is 2. The van der Waals surface area contributed by atoms with E-state index >= 15 is 0 Å². The lowest BCUT2D eigenvalue weighted by atomic mass is 10.0. The smallest absolute Gasteiger partial charge is 0.272 e. The van der Waals surface area contributed by atoms with Gasteiger partial charge in [0.05, 0.1) is 41.8 Å². The van der Waals surface area contributed by atoms with Crippen molar-refractivity contribution in [1.82, 2.24) is 25.1 Å². The molecule has 1 amide bonds. The van der Waals surface area contributed by atoms with Gasteiger partial charge in [0.15, 0.2) is 0 Å². The Bertz CT molecular complexity index is 1520. The van der Waals surface area contributed by atoms with Crippen molar-refractivity contribution < 1.29 is 18.0 Å². The van der Waals surface area contributed by atoms with E-state index in [4.69, 9.17) is 5.73 Å². The molecule has 5 rings (SSSR count). The van der Waals surface area contributed by atoms with Crippen LogP contribution in [0, 0.1) is 5.82 Å². The molecule has 4 aromatic rings. The number of nitrogens with zero attached hydrogens (tertiary/aromatic N) is 4. The molecule has 178 valence electrons. The van der Waals surface area contributed by atoms with Gasteiger partial charge >= 0.3 is 0 Å². The third-order valence-electron chi connectivity index (χ3n) is 5.89. The minimum atomic E-state index is -2.63. The van der Waals surface area contributed by atoms with Crippen LogP contribution in [0.15, 0.2) is 47.3 Å². The summed E-state index contributed by atoms with van der Waals surface area (Å²) in [7, 11) is 0. The number of carbonyl (C=O) groups excluding carboxylic acids is 1. The average molecular weight is 480 g/mol. The van der Waals surface area contributed by atoms with Gasteiger partial charge in [-0.05, 0) is 23.8 Å². The second-order valence-electron chi connectivity index (χ2n) is 8.24. The molecule has 2 aromatic carbocycles. The molecule has 35 heavy (non-hydrogen) atoms. The minimum Gasteiger partial charge on any atom is -0.383 e. The van der Waals surface area contributed by atoms with Crippen molar-refractivity contribution in [2.45, 2.75) is 32.4 Å². The summed E-state index contributed by atoms with van der Waals surface area (Å²) in [5, 5.41) is 7.74. The summed E-state index contributed by atoms with van der Waals surface area (Å²) >= 11 is 0. The van der Waals surface area contributed by atoms with Gasteiger partial charge in [-0.3, -0.25) is 9.59 Å². The molecule has 8 nitrogen and oxygen atoms in total. The van der Waals surface area contributed by atoms with Gasteiger partial charge in [-0.1, -0.05) is 24.3 Å². The first-order valence-corrected chi connectivity index (χ1v) is 10.8. The number of halogens is 3. The molecule has 0 atom stereocenters. The third kappa shape index (κ3) is 4.32. The van der Waals surface area contributed by atoms with E-state index in [-0.39, 0.29) is 42.3 Å². The van der Waals surface area contributed by atoms with Crippen LogP contribution in [0.2, 0.25) is 0 Å². The molecule has 3 N–H and O–H groups in total. The number of aromatic amines is 1. The number of anilines is 1. The summed E-state index contributed by atoms with van der Waals surface area (Å²) in [5.41, 5.74) is 7.49. The summed E-state index contributed by atoms with van der Waals surface area (Å²) in [6.07, 6.45) is -3.01. The third-order valence-corrected chi connectivity index (χ3v) is 5.89. The van der Waals surface area contributed by atoms with Gasteiger partial charge in [-0.15, -0.1) is 0 Å². The number of carbonyl (C=O) groups is 1. The predicted octanol–water partition coefficient (Wildman–Crippen LogP) is 2.99. The Kier molecular flexibility index (Phi) is 5.67. The van der Waals surface area contributed by atoms with Gasteiger partial charge in [-0.2, -0.15) is 5.10 Å². The van der Waals surface area contributed by atoms with Crippen molar-refractivity contribution in [3.8, 4) is 0 Å². The van der Waals surface area contributed by atoms with E-state index in [9.17, 15) is 22.8 Å². The van der Waals surface area contributed by atoms with E-state index < -0.39 is 24.6 Å². The van der Waals surface area contributed by atoms with Crippen molar-refractivity contribution in [3.05, 3.63) is 92.5 Å². The maximum atomic E-state index is 14.7. The zero-order chi connectivity index (χ0) is 24.7. The van der Waals surface area contributed by atoms with E-state index in [0.29, 0.717) is 33.3 Å². The number of amides is 1. The summed E-state index contributed by atoms with van der Waals surface area (Å²) < 4.78 is 40.1. The lowest BCUT2D eigenvalue weighted by molar-refractivity contribution is 0.0745. The van der Waals surface area contributed by atoms with Gasteiger partial charge in [-0.25, -0.2) is 28.2 Å². The summed E-state index contributed by atoms with van der Waals surface area (Å²) in [6, 6.07) is 11.2. The average Bonchev–Trinajstić information content (AvgIpc) is 3.26. The van der Waals surface area contributed by atoms with Crippen LogP contribution in [0.5, 0.6) is 0 Å². The first-order chi connectivity index (χ1) is 16.8. The van der Waals surface area contributed by atoms with Crippen LogP contribution >= 0.6 is 0 Å². The molecule has 0 radical (unpaired) electrons. The van der Waals surface area contributed by atoms with Crippen LogP contribution in [0.1, 0.15) is 38.7 Å². The molecule has 0 aliphatic carbocycles. The molecular formula is C24H19F3N6O2. The predicted molar refractivity (Wildman–Crippen MR) is 121 cm³/mol. The second-order valence-corrected chi connectivity index (χ2v) is 8.24. The largest absolute Gasteiger partial charge is 0.383 e. The summed E-state index contributed by atoms with van der Waals surface area (Å²) in [4.78, 5) is 34.6.